The van der Waals surface area contributed by atoms with Gasteiger partial charge in [0.1, 0.15) is 5.56 Å². The molecule has 0 saturated heterocycles. The molecule has 0 radical (unpaired) electrons. The molecule has 0 aliphatic rings. The molecule has 4 rings (SSSR count). The minimum Gasteiger partial charge on any atom is -0.347 e. The summed E-state index contributed by atoms with van der Waals surface area (Å²) >= 11 is 1.67. The molecule has 0 fully saturated rings. The summed E-state index contributed by atoms with van der Waals surface area (Å²) in [6, 6.07) is 13.8. The van der Waals surface area contributed by atoms with Crippen molar-refractivity contribution in [3.05, 3.63) is 64.4 Å². The fourth-order valence-electron chi connectivity index (χ4n) is 3.12. The van der Waals surface area contributed by atoms with Crippen LogP contribution in [-0.2, 0) is 6.54 Å². The fourth-order valence-corrected chi connectivity index (χ4v) is 3.52. The lowest BCUT2D eigenvalue weighted by atomic mass is 10.1. The number of aromatic nitrogens is 3. The summed E-state index contributed by atoms with van der Waals surface area (Å²) in [5, 5.41) is 4.74. The highest BCUT2D eigenvalue weighted by molar-refractivity contribution is 7.98. The molecule has 27 heavy (non-hydrogen) atoms. The van der Waals surface area contributed by atoms with E-state index in [1.807, 2.05) is 67.1 Å². The zero-order valence-electron chi connectivity index (χ0n) is 15.4. The third-order valence-electron chi connectivity index (χ3n) is 4.58. The number of hydrogen-bond acceptors (Lipinski definition) is 5. The Morgan fingerprint density at radius 2 is 1.93 bits per heavy atom. The van der Waals surface area contributed by atoms with Gasteiger partial charge in [0, 0.05) is 28.6 Å². The van der Waals surface area contributed by atoms with Gasteiger partial charge < -0.3 is 9.09 Å². The molecule has 5 nitrogen and oxygen atoms in total. The van der Waals surface area contributed by atoms with Crippen LogP contribution in [0.2, 0.25) is 0 Å². The Morgan fingerprint density at radius 3 is 2.63 bits per heavy atom. The zero-order valence-corrected chi connectivity index (χ0v) is 16.2. The SMILES string of the molecule is CCn1cc(-c2nc(-c3ccc(SC)cc3)no2)c(=O)c2cc(C)ccc21. The molecule has 4 aromatic rings. The molecule has 136 valence electrons. The summed E-state index contributed by atoms with van der Waals surface area (Å²) in [4.78, 5) is 18.7. The first-order chi connectivity index (χ1) is 13.1. The lowest BCUT2D eigenvalue weighted by molar-refractivity contribution is 0.431. The van der Waals surface area contributed by atoms with Crippen molar-refractivity contribution in [1.29, 1.82) is 0 Å². The van der Waals surface area contributed by atoms with Crippen LogP contribution in [0.15, 0.2) is 62.9 Å². The predicted molar refractivity (Wildman–Crippen MR) is 109 cm³/mol. The molecule has 2 aromatic heterocycles. The van der Waals surface area contributed by atoms with Crippen LogP contribution in [-0.4, -0.2) is 21.0 Å². The van der Waals surface area contributed by atoms with Crippen LogP contribution < -0.4 is 5.43 Å². The second kappa shape index (κ2) is 7.04. The van der Waals surface area contributed by atoms with Crippen LogP contribution in [0.25, 0.3) is 33.7 Å². The van der Waals surface area contributed by atoms with Crippen LogP contribution >= 0.6 is 11.8 Å². The summed E-state index contributed by atoms with van der Waals surface area (Å²) in [6.07, 6.45) is 3.83. The summed E-state index contributed by atoms with van der Waals surface area (Å²) in [5.74, 6) is 0.721. The second-order valence-electron chi connectivity index (χ2n) is 6.33. The Labute approximate surface area is 161 Å². The molecule has 0 N–H and O–H groups in total. The zero-order chi connectivity index (χ0) is 19.0. The second-order valence-corrected chi connectivity index (χ2v) is 7.21. The Hall–Kier alpha value is -2.86. The summed E-state index contributed by atoms with van der Waals surface area (Å²) in [5.41, 5.74) is 3.14. The average Bonchev–Trinajstić information content (AvgIpc) is 3.18. The first-order valence-electron chi connectivity index (χ1n) is 8.73. The van der Waals surface area contributed by atoms with Crippen molar-refractivity contribution in [2.45, 2.75) is 25.3 Å². The first-order valence-corrected chi connectivity index (χ1v) is 9.95. The molecule has 0 aliphatic carbocycles. The average molecular weight is 377 g/mol. The molecule has 0 amide bonds. The first kappa shape index (κ1) is 17.5. The highest BCUT2D eigenvalue weighted by Crippen LogP contribution is 2.24. The molecule has 0 aliphatic heterocycles. The number of thioether (sulfide) groups is 1. The summed E-state index contributed by atoms with van der Waals surface area (Å²) in [6.45, 7) is 4.76. The quantitative estimate of drug-likeness (QED) is 0.480. The topological polar surface area (TPSA) is 60.9 Å². The molecule has 0 atom stereocenters. The number of hydrogen-bond donors (Lipinski definition) is 0. The molecular formula is C21H19N3O2S. The maximum Gasteiger partial charge on any atom is 0.263 e. The maximum absolute atomic E-state index is 13.0. The van der Waals surface area contributed by atoms with Gasteiger partial charge in [0.2, 0.25) is 11.3 Å². The van der Waals surface area contributed by atoms with Gasteiger partial charge in [-0.2, -0.15) is 4.98 Å². The molecule has 2 heterocycles. The third-order valence-corrected chi connectivity index (χ3v) is 5.32. The van der Waals surface area contributed by atoms with Crippen molar-refractivity contribution in [2.75, 3.05) is 6.26 Å². The van der Waals surface area contributed by atoms with Gasteiger partial charge in [-0.3, -0.25) is 4.79 Å². The third kappa shape index (κ3) is 3.17. The number of aryl methyl sites for hydroxylation is 2. The van der Waals surface area contributed by atoms with Gasteiger partial charge in [0.15, 0.2) is 0 Å². The van der Waals surface area contributed by atoms with Crippen LogP contribution in [0.3, 0.4) is 0 Å². The highest BCUT2D eigenvalue weighted by atomic mass is 32.2. The minimum atomic E-state index is -0.0914. The number of fused-ring (bicyclic) bond motifs is 1. The Morgan fingerprint density at radius 1 is 1.15 bits per heavy atom. The van der Waals surface area contributed by atoms with E-state index in [1.165, 1.54) is 0 Å². The van der Waals surface area contributed by atoms with E-state index in [2.05, 4.69) is 10.1 Å². The number of rotatable bonds is 4. The van der Waals surface area contributed by atoms with Crippen LogP contribution in [0, 0.1) is 6.92 Å². The number of pyridine rings is 1. The molecule has 2 aromatic carbocycles. The van der Waals surface area contributed by atoms with Gasteiger partial charge in [0.25, 0.3) is 5.89 Å². The molecule has 0 saturated carbocycles. The van der Waals surface area contributed by atoms with E-state index in [1.54, 1.807) is 18.0 Å². The van der Waals surface area contributed by atoms with E-state index in [9.17, 15) is 4.79 Å². The molecule has 0 bridgehead atoms. The normalized spacial score (nSPS) is 11.2. The van der Waals surface area contributed by atoms with Crippen LogP contribution in [0.4, 0.5) is 0 Å². The Balaban J connectivity index is 1.84. The lowest BCUT2D eigenvalue weighted by Crippen LogP contribution is -2.12. The molecule has 6 heteroatoms. The lowest BCUT2D eigenvalue weighted by Gasteiger charge is -2.10. The van der Waals surface area contributed by atoms with E-state index in [-0.39, 0.29) is 11.3 Å². The van der Waals surface area contributed by atoms with E-state index in [0.29, 0.717) is 16.8 Å². The monoisotopic (exact) mass is 377 g/mol. The molecule has 0 unspecified atom stereocenters. The van der Waals surface area contributed by atoms with Gasteiger partial charge >= 0.3 is 0 Å². The van der Waals surface area contributed by atoms with Crippen LogP contribution in [0.5, 0.6) is 0 Å². The smallest absolute Gasteiger partial charge is 0.263 e. The predicted octanol–water partition coefficient (Wildman–Crippen LogP) is 4.77. The number of benzene rings is 2. The molecule has 0 spiro atoms. The maximum atomic E-state index is 13.0. The Kier molecular flexibility index (Phi) is 4.58. The summed E-state index contributed by atoms with van der Waals surface area (Å²) < 4.78 is 7.47. The minimum absolute atomic E-state index is 0.0914. The molecular weight excluding hydrogens is 358 g/mol. The van der Waals surface area contributed by atoms with Gasteiger partial charge in [-0.05, 0) is 56.5 Å². The van der Waals surface area contributed by atoms with Crippen molar-refractivity contribution in [2.24, 2.45) is 0 Å². The van der Waals surface area contributed by atoms with E-state index < -0.39 is 0 Å². The standard InChI is InChI=1S/C21H19N3O2S/c1-4-24-12-17(19(25)16-11-13(2)5-10-18(16)24)21-22-20(23-26-21)14-6-8-15(27-3)9-7-14/h5-12H,4H2,1-3H3. The van der Waals surface area contributed by atoms with Crippen molar-refractivity contribution in [1.82, 2.24) is 14.7 Å². The van der Waals surface area contributed by atoms with Gasteiger partial charge in [-0.25, -0.2) is 0 Å². The van der Waals surface area contributed by atoms with Gasteiger partial charge in [-0.15, -0.1) is 11.8 Å². The number of nitrogens with zero attached hydrogens (tertiary/aromatic N) is 3. The van der Waals surface area contributed by atoms with Gasteiger partial charge in [-0.1, -0.05) is 16.8 Å². The van der Waals surface area contributed by atoms with Crippen molar-refractivity contribution in [3.8, 4) is 22.8 Å². The van der Waals surface area contributed by atoms with E-state index in [0.717, 1.165) is 28.1 Å². The summed E-state index contributed by atoms with van der Waals surface area (Å²) in [7, 11) is 0. The Bertz CT molecular complexity index is 1180. The van der Waals surface area contributed by atoms with E-state index >= 15 is 0 Å². The fraction of sp³-hybridized carbons (Fsp3) is 0.190. The van der Waals surface area contributed by atoms with Crippen molar-refractivity contribution < 1.29 is 4.52 Å². The largest absolute Gasteiger partial charge is 0.347 e. The van der Waals surface area contributed by atoms with Gasteiger partial charge in [0.05, 0.1) is 5.52 Å². The van der Waals surface area contributed by atoms with Crippen molar-refractivity contribution in [3.63, 3.8) is 0 Å². The van der Waals surface area contributed by atoms with Crippen LogP contribution in [0.1, 0.15) is 12.5 Å². The van der Waals surface area contributed by atoms with E-state index in [4.69, 9.17) is 4.52 Å². The van der Waals surface area contributed by atoms with Crippen molar-refractivity contribution >= 4 is 22.7 Å². The highest BCUT2D eigenvalue weighted by Gasteiger charge is 2.17.